The van der Waals surface area contributed by atoms with Gasteiger partial charge in [-0.2, -0.15) is 0 Å². The van der Waals surface area contributed by atoms with E-state index in [9.17, 15) is 0 Å². The molecule has 0 spiro atoms. The summed E-state index contributed by atoms with van der Waals surface area (Å²) in [5, 5.41) is 1.56. The lowest BCUT2D eigenvalue weighted by Gasteiger charge is -2.02. The van der Waals surface area contributed by atoms with Gasteiger partial charge >= 0.3 is 0 Å². The molecule has 2 heteroatoms. The minimum Gasteiger partial charge on any atom is -0.0843 e. The van der Waals surface area contributed by atoms with Crippen LogP contribution < -0.4 is 0 Å². The zero-order valence-electron chi connectivity index (χ0n) is 9.08. The molecule has 0 atom stereocenters. The second-order valence-electron chi connectivity index (χ2n) is 4.20. The van der Waals surface area contributed by atoms with E-state index in [1.807, 2.05) is 24.3 Å². The van der Waals surface area contributed by atoms with Crippen molar-refractivity contribution in [2.24, 2.45) is 0 Å². The molecule has 0 amide bonds. The standard InChI is InChI=1S/C15H10Cl2/c16-14-4-1-10(2-5-14)12-7-11-3-6-15(17)9-13(11)8-12/h1-6,8-9H,7H2. The molecule has 17 heavy (non-hydrogen) atoms. The van der Waals surface area contributed by atoms with Crippen LogP contribution >= 0.6 is 23.2 Å². The number of allylic oxidation sites excluding steroid dienone is 1. The smallest absolute Gasteiger partial charge is 0.0412 e. The first-order valence-electron chi connectivity index (χ1n) is 5.47. The maximum Gasteiger partial charge on any atom is 0.0412 e. The predicted octanol–water partition coefficient (Wildman–Crippen LogP) is 5.09. The van der Waals surface area contributed by atoms with E-state index in [0.29, 0.717) is 0 Å². The molecule has 0 bridgehead atoms. The van der Waals surface area contributed by atoms with E-state index in [0.717, 1.165) is 16.5 Å². The zero-order chi connectivity index (χ0) is 11.8. The average Bonchev–Trinajstić information content (AvgIpc) is 2.72. The van der Waals surface area contributed by atoms with Gasteiger partial charge in [-0.3, -0.25) is 0 Å². The molecular weight excluding hydrogens is 251 g/mol. The summed E-state index contributed by atoms with van der Waals surface area (Å²) >= 11 is 11.9. The zero-order valence-corrected chi connectivity index (χ0v) is 10.6. The Kier molecular flexibility index (Phi) is 2.70. The van der Waals surface area contributed by atoms with E-state index in [4.69, 9.17) is 23.2 Å². The molecule has 2 aromatic carbocycles. The molecule has 0 heterocycles. The van der Waals surface area contributed by atoms with Gasteiger partial charge in [-0.05, 0) is 52.9 Å². The van der Waals surface area contributed by atoms with Crippen LogP contribution in [0.4, 0.5) is 0 Å². The summed E-state index contributed by atoms with van der Waals surface area (Å²) < 4.78 is 0. The highest BCUT2D eigenvalue weighted by molar-refractivity contribution is 6.31. The molecular formula is C15H10Cl2. The van der Waals surface area contributed by atoms with Crippen molar-refractivity contribution in [1.82, 2.24) is 0 Å². The lowest BCUT2D eigenvalue weighted by Crippen LogP contribution is -1.85. The fraction of sp³-hybridized carbons (Fsp3) is 0.0667. The number of halogens is 2. The third kappa shape index (κ3) is 2.11. The Morgan fingerprint density at radius 1 is 0.824 bits per heavy atom. The molecule has 0 N–H and O–H groups in total. The second-order valence-corrected chi connectivity index (χ2v) is 5.07. The maximum atomic E-state index is 5.99. The van der Waals surface area contributed by atoms with Gasteiger partial charge in [0, 0.05) is 10.0 Å². The van der Waals surface area contributed by atoms with Gasteiger partial charge in [0.1, 0.15) is 0 Å². The molecule has 0 saturated carbocycles. The van der Waals surface area contributed by atoms with Gasteiger partial charge < -0.3 is 0 Å². The highest BCUT2D eigenvalue weighted by Gasteiger charge is 2.13. The number of benzene rings is 2. The Bertz CT molecular complexity index is 595. The predicted molar refractivity (Wildman–Crippen MR) is 74.5 cm³/mol. The van der Waals surface area contributed by atoms with Gasteiger partial charge in [0.25, 0.3) is 0 Å². The van der Waals surface area contributed by atoms with Crippen LogP contribution in [0.3, 0.4) is 0 Å². The second kappa shape index (κ2) is 4.21. The van der Waals surface area contributed by atoms with Gasteiger partial charge in [0.15, 0.2) is 0 Å². The van der Waals surface area contributed by atoms with E-state index in [2.05, 4.69) is 24.3 Å². The summed E-state index contributed by atoms with van der Waals surface area (Å²) in [4.78, 5) is 0. The average molecular weight is 261 g/mol. The molecule has 0 radical (unpaired) electrons. The van der Waals surface area contributed by atoms with E-state index in [1.165, 1.54) is 22.3 Å². The molecule has 3 rings (SSSR count). The van der Waals surface area contributed by atoms with Crippen molar-refractivity contribution < 1.29 is 0 Å². The Balaban J connectivity index is 1.99. The van der Waals surface area contributed by atoms with E-state index < -0.39 is 0 Å². The first-order chi connectivity index (χ1) is 8.22. The molecule has 2 aromatic rings. The summed E-state index contributed by atoms with van der Waals surface area (Å²) in [5.41, 5.74) is 5.10. The molecule has 0 aliphatic heterocycles. The van der Waals surface area contributed by atoms with Crippen molar-refractivity contribution in [3.63, 3.8) is 0 Å². The van der Waals surface area contributed by atoms with Gasteiger partial charge in [0.2, 0.25) is 0 Å². The molecule has 0 fully saturated rings. The lowest BCUT2D eigenvalue weighted by molar-refractivity contribution is 1.32. The van der Waals surface area contributed by atoms with Crippen LogP contribution in [0.15, 0.2) is 42.5 Å². The quantitative estimate of drug-likeness (QED) is 0.670. The SMILES string of the molecule is Clc1ccc(C2=Cc3cc(Cl)ccc3C2)cc1. The molecule has 1 aliphatic carbocycles. The topological polar surface area (TPSA) is 0 Å². The van der Waals surface area contributed by atoms with Crippen molar-refractivity contribution in [3.05, 3.63) is 69.2 Å². The molecule has 0 unspecified atom stereocenters. The van der Waals surface area contributed by atoms with Crippen molar-refractivity contribution >= 4 is 34.9 Å². The number of rotatable bonds is 1. The summed E-state index contributed by atoms with van der Waals surface area (Å²) in [5.74, 6) is 0. The van der Waals surface area contributed by atoms with Crippen LogP contribution in [0.1, 0.15) is 16.7 Å². The third-order valence-corrected chi connectivity index (χ3v) is 3.52. The van der Waals surface area contributed by atoms with E-state index >= 15 is 0 Å². The van der Waals surface area contributed by atoms with E-state index in [1.54, 1.807) is 0 Å². The largest absolute Gasteiger partial charge is 0.0843 e. The van der Waals surface area contributed by atoms with Crippen LogP contribution in [-0.4, -0.2) is 0 Å². The van der Waals surface area contributed by atoms with Crippen LogP contribution in [-0.2, 0) is 6.42 Å². The van der Waals surface area contributed by atoms with Gasteiger partial charge in [-0.15, -0.1) is 0 Å². The molecule has 0 nitrogen and oxygen atoms in total. The fourth-order valence-electron chi connectivity index (χ4n) is 2.15. The summed E-state index contributed by atoms with van der Waals surface area (Å²) in [6.07, 6.45) is 3.17. The first-order valence-corrected chi connectivity index (χ1v) is 6.23. The van der Waals surface area contributed by atoms with Gasteiger partial charge in [0.05, 0.1) is 0 Å². The summed E-state index contributed by atoms with van der Waals surface area (Å²) in [6, 6.07) is 14.0. The van der Waals surface area contributed by atoms with Crippen LogP contribution in [0, 0.1) is 0 Å². The Labute approximate surface area is 110 Å². The molecule has 84 valence electrons. The van der Waals surface area contributed by atoms with Crippen molar-refractivity contribution in [3.8, 4) is 0 Å². The Morgan fingerprint density at radius 3 is 2.29 bits per heavy atom. The number of hydrogen-bond acceptors (Lipinski definition) is 0. The van der Waals surface area contributed by atoms with E-state index in [-0.39, 0.29) is 0 Å². The van der Waals surface area contributed by atoms with Crippen LogP contribution in [0.5, 0.6) is 0 Å². The minimum absolute atomic E-state index is 0.771. The first kappa shape index (κ1) is 10.9. The minimum atomic E-state index is 0.771. The maximum absolute atomic E-state index is 5.99. The van der Waals surface area contributed by atoms with Crippen molar-refractivity contribution in [2.45, 2.75) is 6.42 Å². The lowest BCUT2D eigenvalue weighted by atomic mass is 10.0. The molecule has 0 saturated heterocycles. The third-order valence-electron chi connectivity index (χ3n) is 3.03. The van der Waals surface area contributed by atoms with Gasteiger partial charge in [-0.25, -0.2) is 0 Å². The Hall–Kier alpha value is -1.24. The van der Waals surface area contributed by atoms with Crippen molar-refractivity contribution in [2.75, 3.05) is 0 Å². The van der Waals surface area contributed by atoms with Crippen LogP contribution in [0.25, 0.3) is 11.6 Å². The monoisotopic (exact) mass is 260 g/mol. The normalized spacial score (nSPS) is 13.4. The molecule has 1 aliphatic rings. The highest BCUT2D eigenvalue weighted by Crippen LogP contribution is 2.33. The van der Waals surface area contributed by atoms with Gasteiger partial charge in [-0.1, -0.05) is 47.5 Å². The fourth-order valence-corrected chi connectivity index (χ4v) is 2.46. The number of hydrogen-bond donors (Lipinski definition) is 0. The Morgan fingerprint density at radius 2 is 1.53 bits per heavy atom. The molecule has 0 aromatic heterocycles. The van der Waals surface area contributed by atoms with Crippen LogP contribution in [0.2, 0.25) is 10.0 Å². The summed E-state index contributed by atoms with van der Waals surface area (Å²) in [6.45, 7) is 0. The number of fused-ring (bicyclic) bond motifs is 1. The highest BCUT2D eigenvalue weighted by atomic mass is 35.5. The summed E-state index contributed by atoms with van der Waals surface area (Å²) in [7, 11) is 0. The van der Waals surface area contributed by atoms with Crippen molar-refractivity contribution in [1.29, 1.82) is 0 Å².